The number of carbonyl (C=O) groups excluding carboxylic acids is 1. The van der Waals surface area contributed by atoms with Gasteiger partial charge in [0.1, 0.15) is 17.8 Å². The fraction of sp³-hybridized carbons (Fsp3) is 0.645. The van der Waals surface area contributed by atoms with Crippen LogP contribution in [-0.2, 0) is 10.0 Å². The highest BCUT2D eigenvalue weighted by molar-refractivity contribution is 7.88. The van der Waals surface area contributed by atoms with Gasteiger partial charge in [-0.3, -0.25) is 4.79 Å². The number of anilines is 1. The van der Waals surface area contributed by atoms with Gasteiger partial charge in [-0.2, -0.15) is 0 Å². The monoisotopic (exact) mass is 582 g/mol. The largest absolute Gasteiger partial charge is 0.369 e. The predicted molar refractivity (Wildman–Crippen MR) is 163 cm³/mol. The van der Waals surface area contributed by atoms with E-state index >= 15 is 0 Å². The quantitative estimate of drug-likeness (QED) is 0.500. The fourth-order valence-electron chi connectivity index (χ4n) is 7.06. The van der Waals surface area contributed by atoms with Crippen LogP contribution >= 0.6 is 0 Å². The molecule has 2 aromatic rings. The smallest absolute Gasteiger partial charge is 0.272 e. The number of hydrogen-bond donors (Lipinski definition) is 1. The molecule has 2 atom stereocenters. The zero-order chi connectivity index (χ0) is 29.0. The summed E-state index contributed by atoms with van der Waals surface area (Å²) < 4.78 is 25.3. The van der Waals surface area contributed by atoms with E-state index in [0.29, 0.717) is 36.7 Å². The van der Waals surface area contributed by atoms with Crippen molar-refractivity contribution in [1.29, 1.82) is 0 Å². The summed E-state index contributed by atoms with van der Waals surface area (Å²) in [6.07, 6.45) is 11.2. The van der Waals surface area contributed by atoms with Crippen LogP contribution in [-0.4, -0.2) is 96.5 Å². The van der Waals surface area contributed by atoms with E-state index in [1.54, 1.807) is 7.05 Å². The Balaban J connectivity index is 1.11. The van der Waals surface area contributed by atoms with Gasteiger partial charge in [-0.05, 0) is 82.4 Å². The highest BCUT2D eigenvalue weighted by Crippen LogP contribution is 2.36. The molecule has 41 heavy (non-hydrogen) atoms. The molecule has 10 heteroatoms. The summed E-state index contributed by atoms with van der Waals surface area (Å²) in [5.74, 6) is 1.95. The van der Waals surface area contributed by atoms with E-state index in [4.69, 9.17) is 0 Å². The van der Waals surface area contributed by atoms with Crippen molar-refractivity contribution in [2.45, 2.75) is 76.3 Å². The highest BCUT2D eigenvalue weighted by atomic mass is 32.2. The molecular formula is C31H46N6O3S. The second kappa shape index (κ2) is 13.2. The summed E-state index contributed by atoms with van der Waals surface area (Å²) >= 11 is 0. The zero-order valence-corrected chi connectivity index (χ0v) is 25.7. The summed E-state index contributed by atoms with van der Waals surface area (Å²) in [5, 5.41) is 3.55. The van der Waals surface area contributed by atoms with Crippen LogP contribution in [0.25, 0.3) is 0 Å². The van der Waals surface area contributed by atoms with Crippen LogP contribution in [0.5, 0.6) is 0 Å². The topological polar surface area (TPSA) is 98.7 Å². The van der Waals surface area contributed by atoms with Crippen molar-refractivity contribution >= 4 is 21.7 Å². The molecule has 3 heterocycles. The standard InChI is InChI=1S/C31H46N6O3S/c1-23-29(33-22-34-30(23)32-21-24-8-7-11-26(20-24)25-9-5-4-6-10-25)31(38)37-18-14-28(15-19-37)36-16-12-27(13-17-36)35(2)41(3,39)40/h4-6,9-10,22,24,26-28H,7-8,11-21H2,1-3H3,(H,32,33,34)/t24-,26+/m1/s1. The molecule has 1 saturated carbocycles. The lowest BCUT2D eigenvalue weighted by molar-refractivity contribution is 0.0542. The van der Waals surface area contributed by atoms with E-state index in [0.717, 1.165) is 56.7 Å². The summed E-state index contributed by atoms with van der Waals surface area (Å²) in [5.41, 5.74) is 2.76. The minimum absolute atomic E-state index is 0.0123. The van der Waals surface area contributed by atoms with E-state index in [9.17, 15) is 13.2 Å². The molecule has 1 aromatic heterocycles. The number of rotatable bonds is 8. The summed E-state index contributed by atoms with van der Waals surface area (Å²) in [6.45, 7) is 6.03. The Labute approximate surface area is 245 Å². The second-order valence-corrected chi connectivity index (χ2v) is 14.3. The first-order chi connectivity index (χ1) is 19.7. The number of aromatic nitrogens is 2. The maximum Gasteiger partial charge on any atom is 0.272 e. The van der Waals surface area contributed by atoms with Crippen molar-refractivity contribution < 1.29 is 13.2 Å². The third-order valence-corrected chi connectivity index (χ3v) is 11.0. The Morgan fingerprint density at radius 3 is 2.39 bits per heavy atom. The van der Waals surface area contributed by atoms with Crippen molar-refractivity contribution in [3.05, 3.63) is 53.5 Å². The SMILES string of the molecule is Cc1c(NC[C@@H]2CCC[C@H](c3ccccc3)C2)ncnc1C(=O)N1CCC(N2CCC(N(C)S(C)(=O)=O)CC2)CC1. The molecular weight excluding hydrogens is 536 g/mol. The number of likely N-dealkylation sites (tertiary alicyclic amines) is 2. The molecule has 5 rings (SSSR count). The molecule has 0 unspecified atom stereocenters. The van der Waals surface area contributed by atoms with Gasteiger partial charge in [0.25, 0.3) is 5.91 Å². The Bertz CT molecular complexity index is 1270. The number of piperidine rings is 2. The van der Waals surface area contributed by atoms with Gasteiger partial charge in [0.05, 0.1) is 6.26 Å². The number of sulfonamides is 1. The van der Waals surface area contributed by atoms with Crippen LogP contribution in [0.3, 0.4) is 0 Å². The molecule has 224 valence electrons. The molecule has 1 N–H and O–H groups in total. The maximum absolute atomic E-state index is 13.5. The zero-order valence-electron chi connectivity index (χ0n) is 24.8. The molecule has 0 spiro atoms. The molecule has 1 amide bonds. The average molecular weight is 583 g/mol. The van der Waals surface area contributed by atoms with E-state index < -0.39 is 10.0 Å². The summed E-state index contributed by atoms with van der Waals surface area (Å²) in [7, 11) is -1.47. The second-order valence-electron chi connectivity index (χ2n) is 12.3. The maximum atomic E-state index is 13.5. The summed E-state index contributed by atoms with van der Waals surface area (Å²) in [4.78, 5) is 26.8. The van der Waals surface area contributed by atoms with Gasteiger partial charge in [0, 0.05) is 44.3 Å². The molecule has 2 aliphatic heterocycles. The van der Waals surface area contributed by atoms with Crippen LogP contribution in [0, 0.1) is 12.8 Å². The van der Waals surface area contributed by atoms with E-state index in [2.05, 4.69) is 50.5 Å². The highest BCUT2D eigenvalue weighted by Gasteiger charge is 2.33. The lowest BCUT2D eigenvalue weighted by atomic mass is 9.78. The molecule has 1 aliphatic carbocycles. The average Bonchev–Trinajstić information content (AvgIpc) is 3.00. The van der Waals surface area contributed by atoms with Gasteiger partial charge in [-0.1, -0.05) is 36.8 Å². The first-order valence-electron chi connectivity index (χ1n) is 15.3. The van der Waals surface area contributed by atoms with Crippen LogP contribution in [0.1, 0.15) is 78.9 Å². The Kier molecular flexibility index (Phi) is 9.61. The molecule has 0 radical (unpaired) electrons. The molecule has 9 nitrogen and oxygen atoms in total. The van der Waals surface area contributed by atoms with Crippen molar-refractivity contribution in [3.63, 3.8) is 0 Å². The first kappa shape index (κ1) is 29.9. The number of nitrogens with zero attached hydrogens (tertiary/aromatic N) is 5. The molecule has 0 bridgehead atoms. The third kappa shape index (κ3) is 7.27. The lowest BCUT2D eigenvalue weighted by Gasteiger charge is -2.43. The van der Waals surface area contributed by atoms with E-state index in [1.807, 2.05) is 11.8 Å². The predicted octanol–water partition coefficient (Wildman–Crippen LogP) is 4.13. The van der Waals surface area contributed by atoms with Crippen LogP contribution in [0.2, 0.25) is 0 Å². The van der Waals surface area contributed by atoms with Crippen LogP contribution < -0.4 is 5.32 Å². The van der Waals surface area contributed by atoms with Gasteiger partial charge < -0.3 is 15.1 Å². The van der Waals surface area contributed by atoms with Crippen molar-refractivity contribution in [2.24, 2.45) is 5.92 Å². The number of amides is 1. The first-order valence-corrected chi connectivity index (χ1v) is 17.1. The Morgan fingerprint density at radius 2 is 1.71 bits per heavy atom. The van der Waals surface area contributed by atoms with Crippen LogP contribution in [0.4, 0.5) is 5.82 Å². The third-order valence-electron chi connectivity index (χ3n) is 9.70. The van der Waals surface area contributed by atoms with Crippen molar-refractivity contribution in [2.75, 3.05) is 51.3 Å². The molecule has 3 fully saturated rings. The number of carbonyl (C=O) groups is 1. The van der Waals surface area contributed by atoms with Gasteiger partial charge >= 0.3 is 0 Å². The minimum Gasteiger partial charge on any atom is -0.369 e. The molecule has 3 aliphatic rings. The Hall–Kier alpha value is -2.56. The van der Waals surface area contributed by atoms with Crippen molar-refractivity contribution in [1.82, 2.24) is 24.1 Å². The van der Waals surface area contributed by atoms with E-state index in [-0.39, 0.29) is 11.9 Å². The number of benzene rings is 1. The lowest BCUT2D eigenvalue weighted by Crippen LogP contribution is -2.52. The van der Waals surface area contributed by atoms with Gasteiger partial charge in [0.15, 0.2) is 0 Å². The van der Waals surface area contributed by atoms with Gasteiger partial charge in [-0.15, -0.1) is 0 Å². The Morgan fingerprint density at radius 1 is 1.00 bits per heavy atom. The number of hydrogen-bond acceptors (Lipinski definition) is 7. The van der Waals surface area contributed by atoms with Gasteiger partial charge in [-0.25, -0.2) is 22.7 Å². The fourth-order valence-corrected chi connectivity index (χ4v) is 7.81. The van der Waals surface area contributed by atoms with Crippen molar-refractivity contribution in [3.8, 4) is 0 Å². The van der Waals surface area contributed by atoms with E-state index in [1.165, 1.54) is 48.1 Å². The van der Waals surface area contributed by atoms with Gasteiger partial charge in [0.2, 0.25) is 10.0 Å². The number of nitrogens with one attached hydrogen (secondary N) is 1. The molecule has 2 saturated heterocycles. The minimum atomic E-state index is -3.16. The summed E-state index contributed by atoms with van der Waals surface area (Å²) in [6, 6.07) is 11.4. The van der Waals surface area contributed by atoms with Crippen LogP contribution in [0.15, 0.2) is 36.7 Å². The normalized spacial score (nSPS) is 23.6. The molecule has 1 aromatic carbocycles.